The Kier molecular flexibility index (Phi) is 6.54. The van der Waals surface area contributed by atoms with E-state index >= 15 is 0 Å². The topological polar surface area (TPSA) is 52.6 Å². The zero-order valence-electron chi connectivity index (χ0n) is 8.71. The SMILES string of the molecule is CCN(CC)C[C@H](O)CNC(C)=O. The van der Waals surface area contributed by atoms with Gasteiger partial charge in [0, 0.05) is 20.0 Å². The number of carbonyl (C=O) groups excluding carboxylic acids is 1. The Hall–Kier alpha value is -0.610. The van der Waals surface area contributed by atoms with Gasteiger partial charge in [0.2, 0.25) is 5.91 Å². The van der Waals surface area contributed by atoms with E-state index in [0.29, 0.717) is 13.1 Å². The van der Waals surface area contributed by atoms with E-state index in [1.807, 2.05) is 0 Å². The fourth-order valence-corrected chi connectivity index (χ4v) is 1.11. The van der Waals surface area contributed by atoms with Crippen molar-refractivity contribution in [1.82, 2.24) is 10.2 Å². The average Bonchev–Trinajstić information content (AvgIpc) is 2.10. The fourth-order valence-electron chi connectivity index (χ4n) is 1.11. The lowest BCUT2D eigenvalue weighted by molar-refractivity contribution is -0.119. The Morgan fingerprint density at radius 3 is 2.38 bits per heavy atom. The highest BCUT2D eigenvalue weighted by Gasteiger charge is 2.08. The van der Waals surface area contributed by atoms with Gasteiger partial charge in [0.05, 0.1) is 6.10 Å². The summed E-state index contributed by atoms with van der Waals surface area (Å²) in [6.45, 7) is 8.35. The highest BCUT2D eigenvalue weighted by Crippen LogP contribution is 1.90. The first-order valence-corrected chi connectivity index (χ1v) is 4.75. The van der Waals surface area contributed by atoms with E-state index in [1.165, 1.54) is 6.92 Å². The lowest BCUT2D eigenvalue weighted by atomic mass is 10.3. The van der Waals surface area contributed by atoms with Crippen LogP contribution in [0.15, 0.2) is 0 Å². The van der Waals surface area contributed by atoms with Crippen molar-refractivity contribution in [3.63, 3.8) is 0 Å². The molecule has 0 saturated heterocycles. The van der Waals surface area contributed by atoms with E-state index in [0.717, 1.165) is 13.1 Å². The predicted octanol–water partition coefficient (Wildman–Crippen LogP) is -0.175. The molecule has 0 spiro atoms. The van der Waals surface area contributed by atoms with Crippen molar-refractivity contribution in [2.24, 2.45) is 0 Å². The smallest absolute Gasteiger partial charge is 0.216 e. The third-order valence-electron chi connectivity index (χ3n) is 1.95. The monoisotopic (exact) mass is 188 g/mol. The first-order chi connectivity index (χ1) is 6.10. The largest absolute Gasteiger partial charge is 0.390 e. The molecule has 4 nitrogen and oxygen atoms in total. The summed E-state index contributed by atoms with van der Waals surface area (Å²) in [5, 5.41) is 12.1. The van der Waals surface area contributed by atoms with Crippen molar-refractivity contribution in [2.75, 3.05) is 26.2 Å². The molecule has 0 fully saturated rings. The zero-order valence-corrected chi connectivity index (χ0v) is 8.71. The zero-order chi connectivity index (χ0) is 10.3. The Morgan fingerprint density at radius 1 is 1.46 bits per heavy atom. The van der Waals surface area contributed by atoms with E-state index in [1.54, 1.807) is 0 Å². The third-order valence-corrected chi connectivity index (χ3v) is 1.95. The molecule has 0 bridgehead atoms. The van der Waals surface area contributed by atoms with E-state index in [2.05, 4.69) is 24.1 Å². The standard InChI is InChI=1S/C9H20N2O2/c1-4-11(5-2)7-9(13)6-10-8(3)12/h9,13H,4-7H2,1-3H3,(H,10,12)/t9-/m1/s1. The molecule has 1 amide bonds. The van der Waals surface area contributed by atoms with Gasteiger partial charge in [0.15, 0.2) is 0 Å². The van der Waals surface area contributed by atoms with E-state index in [9.17, 15) is 9.90 Å². The lowest BCUT2D eigenvalue weighted by Crippen LogP contribution is -2.39. The Balaban J connectivity index is 3.59. The molecule has 0 aromatic heterocycles. The van der Waals surface area contributed by atoms with Crippen molar-refractivity contribution >= 4 is 5.91 Å². The second-order valence-electron chi connectivity index (χ2n) is 3.08. The highest BCUT2D eigenvalue weighted by molar-refractivity contribution is 5.72. The molecule has 0 aromatic rings. The second-order valence-corrected chi connectivity index (χ2v) is 3.08. The Labute approximate surface area is 79.9 Å². The molecule has 0 saturated carbocycles. The number of likely N-dealkylation sites (N-methyl/N-ethyl adjacent to an activating group) is 1. The van der Waals surface area contributed by atoms with Crippen LogP contribution in [0, 0.1) is 0 Å². The van der Waals surface area contributed by atoms with E-state index in [-0.39, 0.29) is 5.91 Å². The summed E-state index contributed by atoms with van der Waals surface area (Å²) in [5.41, 5.74) is 0. The van der Waals surface area contributed by atoms with Crippen molar-refractivity contribution in [1.29, 1.82) is 0 Å². The average molecular weight is 188 g/mol. The van der Waals surface area contributed by atoms with Crippen LogP contribution < -0.4 is 5.32 Å². The number of carbonyl (C=O) groups is 1. The predicted molar refractivity (Wildman–Crippen MR) is 52.5 cm³/mol. The van der Waals surface area contributed by atoms with Crippen molar-refractivity contribution in [2.45, 2.75) is 26.9 Å². The number of aliphatic hydroxyl groups excluding tert-OH is 1. The number of nitrogens with zero attached hydrogens (tertiary/aromatic N) is 1. The maximum Gasteiger partial charge on any atom is 0.216 e. The minimum atomic E-state index is -0.469. The summed E-state index contributed by atoms with van der Waals surface area (Å²) in [4.78, 5) is 12.7. The van der Waals surface area contributed by atoms with Crippen LogP contribution in [-0.4, -0.2) is 48.2 Å². The van der Waals surface area contributed by atoms with Gasteiger partial charge in [0.25, 0.3) is 0 Å². The quantitative estimate of drug-likeness (QED) is 0.608. The number of hydrogen-bond acceptors (Lipinski definition) is 3. The van der Waals surface area contributed by atoms with Gasteiger partial charge in [-0.15, -0.1) is 0 Å². The lowest BCUT2D eigenvalue weighted by Gasteiger charge is -2.21. The molecular formula is C9H20N2O2. The number of hydrogen-bond donors (Lipinski definition) is 2. The molecule has 0 radical (unpaired) electrons. The van der Waals surface area contributed by atoms with E-state index < -0.39 is 6.10 Å². The van der Waals surface area contributed by atoms with Crippen LogP contribution in [0.5, 0.6) is 0 Å². The molecule has 1 atom stereocenters. The van der Waals surface area contributed by atoms with Crippen LogP contribution in [-0.2, 0) is 4.79 Å². The molecule has 0 heterocycles. The maximum absolute atomic E-state index is 10.5. The van der Waals surface area contributed by atoms with Crippen molar-refractivity contribution in [3.8, 4) is 0 Å². The molecule has 0 aliphatic rings. The molecule has 0 unspecified atom stereocenters. The molecule has 0 rings (SSSR count). The van der Waals surface area contributed by atoms with Crippen LogP contribution in [0.2, 0.25) is 0 Å². The number of amides is 1. The molecule has 2 N–H and O–H groups in total. The number of nitrogens with one attached hydrogen (secondary N) is 1. The third kappa shape index (κ3) is 6.54. The molecule has 0 aliphatic carbocycles. The molecule has 0 aromatic carbocycles. The van der Waals surface area contributed by atoms with E-state index in [4.69, 9.17) is 0 Å². The van der Waals surface area contributed by atoms with Crippen LogP contribution in [0.3, 0.4) is 0 Å². The maximum atomic E-state index is 10.5. The van der Waals surface area contributed by atoms with Gasteiger partial charge in [-0.25, -0.2) is 0 Å². The molecule has 4 heteroatoms. The van der Waals surface area contributed by atoms with Gasteiger partial charge >= 0.3 is 0 Å². The first-order valence-electron chi connectivity index (χ1n) is 4.75. The Bertz CT molecular complexity index is 147. The summed E-state index contributed by atoms with van der Waals surface area (Å²) in [5.74, 6) is -0.0985. The minimum Gasteiger partial charge on any atom is -0.390 e. The molecule has 78 valence electrons. The summed E-state index contributed by atoms with van der Waals surface area (Å²) < 4.78 is 0. The van der Waals surface area contributed by atoms with Crippen LogP contribution in [0.1, 0.15) is 20.8 Å². The van der Waals surface area contributed by atoms with Gasteiger partial charge in [-0.05, 0) is 13.1 Å². The fraction of sp³-hybridized carbons (Fsp3) is 0.889. The van der Waals surface area contributed by atoms with Gasteiger partial charge in [-0.3, -0.25) is 4.79 Å². The van der Waals surface area contributed by atoms with Crippen LogP contribution in [0.25, 0.3) is 0 Å². The summed E-state index contributed by atoms with van der Waals surface area (Å²) in [6.07, 6.45) is -0.469. The molecule has 0 aliphatic heterocycles. The summed E-state index contributed by atoms with van der Waals surface area (Å²) >= 11 is 0. The van der Waals surface area contributed by atoms with Crippen molar-refractivity contribution < 1.29 is 9.90 Å². The first kappa shape index (κ1) is 12.4. The summed E-state index contributed by atoms with van der Waals surface area (Å²) in [7, 11) is 0. The number of aliphatic hydroxyl groups is 1. The highest BCUT2D eigenvalue weighted by atomic mass is 16.3. The van der Waals surface area contributed by atoms with Gasteiger partial charge in [0.1, 0.15) is 0 Å². The van der Waals surface area contributed by atoms with Gasteiger partial charge in [-0.2, -0.15) is 0 Å². The summed E-state index contributed by atoms with van der Waals surface area (Å²) in [6, 6.07) is 0. The second kappa shape index (κ2) is 6.86. The van der Waals surface area contributed by atoms with Crippen LogP contribution in [0.4, 0.5) is 0 Å². The van der Waals surface area contributed by atoms with Gasteiger partial charge in [-0.1, -0.05) is 13.8 Å². The normalized spacial score (nSPS) is 13.0. The molecular weight excluding hydrogens is 168 g/mol. The minimum absolute atomic E-state index is 0.0985. The number of rotatable bonds is 6. The van der Waals surface area contributed by atoms with Crippen LogP contribution >= 0.6 is 0 Å². The van der Waals surface area contributed by atoms with Crippen molar-refractivity contribution in [3.05, 3.63) is 0 Å². The molecule has 13 heavy (non-hydrogen) atoms. The van der Waals surface area contributed by atoms with Gasteiger partial charge < -0.3 is 15.3 Å². The Morgan fingerprint density at radius 2 is 2.00 bits per heavy atom.